The number of amides is 1. The SMILES string of the molecule is COc1ccc(C(N)=O)cc1N1CCC(C)CC1. The van der Waals surface area contributed by atoms with Gasteiger partial charge in [-0.05, 0) is 37.0 Å². The average molecular weight is 248 g/mol. The van der Waals surface area contributed by atoms with Crippen LogP contribution in [0.4, 0.5) is 5.69 Å². The van der Waals surface area contributed by atoms with Gasteiger partial charge in [0.25, 0.3) is 0 Å². The summed E-state index contributed by atoms with van der Waals surface area (Å²) < 4.78 is 5.37. The third-order valence-electron chi connectivity index (χ3n) is 3.59. The summed E-state index contributed by atoms with van der Waals surface area (Å²) in [5.74, 6) is 1.17. The number of anilines is 1. The number of hydrogen-bond donors (Lipinski definition) is 1. The maximum Gasteiger partial charge on any atom is 0.248 e. The first-order valence-corrected chi connectivity index (χ1v) is 6.34. The third-order valence-corrected chi connectivity index (χ3v) is 3.59. The molecule has 0 atom stereocenters. The molecule has 1 amide bonds. The molecule has 2 N–H and O–H groups in total. The van der Waals surface area contributed by atoms with Crippen molar-refractivity contribution in [1.29, 1.82) is 0 Å². The predicted molar refractivity (Wildman–Crippen MR) is 72.1 cm³/mol. The van der Waals surface area contributed by atoms with E-state index in [-0.39, 0.29) is 0 Å². The van der Waals surface area contributed by atoms with Crippen LogP contribution in [-0.2, 0) is 0 Å². The quantitative estimate of drug-likeness (QED) is 0.890. The number of nitrogens with zero attached hydrogens (tertiary/aromatic N) is 1. The van der Waals surface area contributed by atoms with Crippen molar-refractivity contribution in [3.05, 3.63) is 23.8 Å². The number of carbonyl (C=O) groups excluding carboxylic acids is 1. The zero-order chi connectivity index (χ0) is 13.1. The highest BCUT2D eigenvalue weighted by Crippen LogP contribution is 2.32. The van der Waals surface area contributed by atoms with Crippen molar-refractivity contribution >= 4 is 11.6 Å². The van der Waals surface area contributed by atoms with Gasteiger partial charge in [-0.25, -0.2) is 0 Å². The number of methoxy groups -OCH3 is 1. The van der Waals surface area contributed by atoms with Crippen molar-refractivity contribution in [2.24, 2.45) is 11.7 Å². The molecule has 0 spiro atoms. The average Bonchev–Trinajstić information content (AvgIpc) is 2.39. The highest BCUT2D eigenvalue weighted by molar-refractivity contribution is 5.94. The number of primary amides is 1. The van der Waals surface area contributed by atoms with Gasteiger partial charge in [0.1, 0.15) is 5.75 Å². The fourth-order valence-electron chi connectivity index (χ4n) is 2.34. The summed E-state index contributed by atoms with van der Waals surface area (Å²) in [7, 11) is 1.65. The van der Waals surface area contributed by atoms with Crippen molar-refractivity contribution in [1.82, 2.24) is 0 Å². The van der Waals surface area contributed by atoms with Crippen LogP contribution >= 0.6 is 0 Å². The molecule has 0 unspecified atom stereocenters. The van der Waals surface area contributed by atoms with Crippen molar-refractivity contribution in [3.8, 4) is 5.75 Å². The summed E-state index contributed by atoms with van der Waals surface area (Å²) in [6, 6.07) is 5.35. The van der Waals surface area contributed by atoms with E-state index in [0.717, 1.165) is 30.4 Å². The lowest BCUT2D eigenvalue weighted by molar-refractivity contribution is 0.100. The summed E-state index contributed by atoms with van der Waals surface area (Å²) >= 11 is 0. The van der Waals surface area contributed by atoms with Gasteiger partial charge < -0.3 is 15.4 Å². The molecular formula is C14H20N2O2. The maximum atomic E-state index is 11.3. The first kappa shape index (κ1) is 12.7. The molecule has 0 aromatic heterocycles. The van der Waals surface area contributed by atoms with Gasteiger partial charge in [0, 0.05) is 18.7 Å². The van der Waals surface area contributed by atoms with Crippen LogP contribution in [0.5, 0.6) is 5.75 Å². The van der Waals surface area contributed by atoms with Crippen molar-refractivity contribution < 1.29 is 9.53 Å². The molecule has 98 valence electrons. The van der Waals surface area contributed by atoms with Crippen LogP contribution in [-0.4, -0.2) is 26.1 Å². The molecule has 0 saturated carbocycles. The molecule has 1 aromatic rings. The van der Waals surface area contributed by atoms with Gasteiger partial charge in [0.2, 0.25) is 5.91 Å². The Morgan fingerprint density at radius 1 is 1.39 bits per heavy atom. The lowest BCUT2D eigenvalue weighted by atomic mass is 9.98. The highest BCUT2D eigenvalue weighted by atomic mass is 16.5. The van der Waals surface area contributed by atoms with Gasteiger partial charge in [0.05, 0.1) is 12.8 Å². The summed E-state index contributed by atoms with van der Waals surface area (Å²) in [4.78, 5) is 13.5. The second kappa shape index (κ2) is 5.29. The normalized spacial score (nSPS) is 16.7. The minimum absolute atomic E-state index is 0.399. The lowest BCUT2D eigenvalue weighted by Gasteiger charge is -2.33. The second-order valence-electron chi connectivity index (χ2n) is 4.92. The monoisotopic (exact) mass is 248 g/mol. The molecule has 4 nitrogen and oxygen atoms in total. The third kappa shape index (κ3) is 2.58. The van der Waals surface area contributed by atoms with Gasteiger partial charge in [-0.2, -0.15) is 0 Å². The van der Waals surface area contributed by atoms with E-state index in [1.807, 2.05) is 12.1 Å². The molecule has 1 fully saturated rings. The number of carbonyl (C=O) groups is 1. The van der Waals surface area contributed by atoms with Crippen LogP contribution in [0.2, 0.25) is 0 Å². The number of hydrogen-bond acceptors (Lipinski definition) is 3. The summed E-state index contributed by atoms with van der Waals surface area (Å²) in [5.41, 5.74) is 6.83. The Hall–Kier alpha value is -1.71. The molecule has 1 heterocycles. The standard InChI is InChI=1S/C14H20N2O2/c1-10-5-7-16(8-6-10)12-9-11(14(15)17)3-4-13(12)18-2/h3-4,9-10H,5-8H2,1-2H3,(H2,15,17). The Morgan fingerprint density at radius 2 is 2.06 bits per heavy atom. The molecule has 4 heteroatoms. The predicted octanol–water partition coefficient (Wildman–Crippen LogP) is 2.03. The number of nitrogens with two attached hydrogens (primary N) is 1. The van der Waals surface area contributed by atoms with E-state index >= 15 is 0 Å². The maximum absolute atomic E-state index is 11.3. The van der Waals surface area contributed by atoms with Crippen LogP contribution in [0.25, 0.3) is 0 Å². The first-order chi connectivity index (χ1) is 8.61. The van der Waals surface area contributed by atoms with Gasteiger partial charge in [-0.3, -0.25) is 4.79 Å². The van der Waals surface area contributed by atoms with Crippen LogP contribution in [0.1, 0.15) is 30.1 Å². The molecule has 0 aliphatic carbocycles. The summed E-state index contributed by atoms with van der Waals surface area (Å²) in [6.45, 7) is 4.27. The van der Waals surface area contributed by atoms with Gasteiger partial charge >= 0.3 is 0 Å². The fraction of sp³-hybridized carbons (Fsp3) is 0.500. The Bertz CT molecular complexity index is 437. The molecular weight excluding hydrogens is 228 g/mol. The molecule has 2 rings (SSSR count). The summed E-state index contributed by atoms with van der Waals surface area (Å²) in [6.07, 6.45) is 2.34. The molecule has 1 saturated heterocycles. The van der Waals surface area contributed by atoms with E-state index < -0.39 is 5.91 Å². The number of piperidine rings is 1. The van der Waals surface area contributed by atoms with E-state index in [1.165, 1.54) is 12.8 Å². The molecule has 1 aromatic carbocycles. The smallest absolute Gasteiger partial charge is 0.248 e. The zero-order valence-corrected chi connectivity index (χ0v) is 11.0. The summed E-state index contributed by atoms with van der Waals surface area (Å²) in [5, 5.41) is 0. The first-order valence-electron chi connectivity index (χ1n) is 6.34. The van der Waals surface area contributed by atoms with Crippen LogP contribution < -0.4 is 15.4 Å². The van der Waals surface area contributed by atoms with Crippen molar-refractivity contribution in [2.75, 3.05) is 25.1 Å². The zero-order valence-electron chi connectivity index (χ0n) is 11.0. The molecule has 0 bridgehead atoms. The number of benzene rings is 1. The Labute approximate surface area is 108 Å². The number of ether oxygens (including phenoxy) is 1. The molecule has 1 aliphatic rings. The van der Waals surface area contributed by atoms with E-state index in [9.17, 15) is 4.79 Å². The van der Waals surface area contributed by atoms with Gasteiger partial charge in [-0.1, -0.05) is 6.92 Å². The Morgan fingerprint density at radius 3 is 2.61 bits per heavy atom. The molecule has 18 heavy (non-hydrogen) atoms. The minimum atomic E-state index is -0.399. The second-order valence-corrected chi connectivity index (χ2v) is 4.92. The molecule has 1 aliphatic heterocycles. The van der Waals surface area contributed by atoms with Crippen LogP contribution in [0, 0.1) is 5.92 Å². The van der Waals surface area contributed by atoms with Crippen molar-refractivity contribution in [2.45, 2.75) is 19.8 Å². The number of rotatable bonds is 3. The topological polar surface area (TPSA) is 55.6 Å². The largest absolute Gasteiger partial charge is 0.495 e. The molecule has 0 radical (unpaired) electrons. The lowest BCUT2D eigenvalue weighted by Crippen LogP contribution is -2.33. The van der Waals surface area contributed by atoms with Crippen LogP contribution in [0.15, 0.2) is 18.2 Å². The van der Waals surface area contributed by atoms with Crippen LogP contribution in [0.3, 0.4) is 0 Å². The van der Waals surface area contributed by atoms with E-state index in [2.05, 4.69) is 11.8 Å². The van der Waals surface area contributed by atoms with Gasteiger partial charge in [-0.15, -0.1) is 0 Å². The van der Waals surface area contributed by atoms with Crippen molar-refractivity contribution in [3.63, 3.8) is 0 Å². The highest BCUT2D eigenvalue weighted by Gasteiger charge is 2.19. The Kier molecular flexibility index (Phi) is 3.75. The van der Waals surface area contributed by atoms with E-state index in [4.69, 9.17) is 10.5 Å². The minimum Gasteiger partial charge on any atom is -0.495 e. The van der Waals surface area contributed by atoms with E-state index in [0.29, 0.717) is 5.56 Å². The fourth-order valence-corrected chi connectivity index (χ4v) is 2.34. The van der Waals surface area contributed by atoms with E-state index in [1.54, 1.807) is 13.2 Å². The van der Waals surface area contributed by atoms with Gasteiger partial charge in [0.15, 0.2) is 0 Å². The Balaban J connectivity index is 2.29.